The number of pyridine rings is 1. The van der Waals surface area contributed by atoms with Gasteiger partial charge in [-0.05, 0) is 42.3 Å². The SMILES string of the molecule is COC(=O)c1ccc(NCc2cc(F)ccc2CS(C)(=O)=O)nc1C. The normalized spacial score (nSPS) is 11.2. The number of halogens is 1. The summed E-state index contributed by atoms with van der Waals surface area (Å²) in [6, 6.07) is 7.18. The molecule has 1 aromatic heterocycles. The zero-order chi connectivity index (χ0) is 18.6. The number of aryl methyl sites for hydroxylation is 1. The highest BCUT2D eigenvalue weighted by molar-refractivity contribution is 7.89. The first-order valence-corrected chi connectivity index (χ1v) is 9.50. The van der Waals surface area contributed by atoms with Gasteiger partial charge < -0.3 is 10.1 Å². The first-order chi connectivity index (χ1) is 11.7. The van der Waals surface area contributed by atoms with Crippen LogP contribution in [-0.4, -0.2) is 32.7 Å². The lowest BCUT2D eigenvalue weighted by molar-refractivity contribution is 0.0599. The molecule has 0 aliphatic carbocycles. The molecule has 134 valence electrons. The molecule has 0 amide bonds. The minimum Gasteiger partial charge on any atom is -0.465 e. The number of carbonyl (C=O) groups excluding carboxylic acids is 1. The molecule has 25 heavy (non-hydrogen) atoms. The van der Waals surface area contributed by atoms with E-state index in [4.69, 9.17) is 0 Å². The second kappa shape index (κ2) is 7.60. The molecule has 8 heteroatoms. The number of benzene rings is 1. The molecule has 1 aromatic carbocycles. The number of aromatic nitrogens is 1. The molecule has 2 rings (SSSR count). The van der Waals surface area contributed by atoms with Gasteiger partial charge in [-0.1, -0.05) is 6.07 Å². The van der Waals surface area contributed by atoms with Crippen molar-refractivity contribution in [2.45, 2.75) is 19.2 Å². The third kappa shape index (κ3) is 5.25. The smallest absolute Gasteiger partial charge is 0.339 e. The predicted molar refractivity (Wildman–Crippen MR) is 92.6 cm³/mol. The average Bonchev–Trinajstić information content (AvgIpc) is 2.53. The summed E-state index contributed by atoms with van der Waals surface area (Å²) in [7, 11) is -1.94. The number of methoxy groups -OCH3 is 1. The van der Waals surface area contributed by atoms with E-state index in [2.05, 4.69) is 15.0 Å². The standard InChI is InChI=1S/C17H19FN2O4S/c1-11-15(17(21)24-2)6-7-16(20-11)19-9-13-8-14(18)5-4-12(13)10-25(3,22)23/h4-8H,9-10H2,1-3H3,(H,19,20). The van der Waals surface area contributed by atoms with Gasteiger partial charge in [-0.25, -0.2) is 22.6 Å². The van der Waals surface area contributed by atoms with Crippen LogP contribution in [0.3, 0.4) is 0 Å². The molecule has 0 radical (unpaired) electrons. The largest absolute Gasteiger partial charge is 0.465 e. The van der Waals surface area contributed by atoms with Gasteiger partial charge >= 0.3 is 5.97 Å². The van der Waals surface area contributed by atoms with Crippen molar-refractivity contribution in [3.8, 4) is 0 Å². The molecule has 1 heterocycles. The lowest BCUT2D eigenvalue weighted by atomic mass is 10.1. The van der Waals surface area contributed by atoms with Gasteiger partial charge in [0.2, 0.25) is 0 Å². The minimum atomic E-state index is -3.24. The van der Waals surface area contributed by atoms with E-state index in [0.717, 1.165) is 6.26 Å². The zero-order valence-electron chi connectivity index (χ0n) is 14.2. The Labute approximate surface area is 146 Å². The van der Waals surface area contributed by atoms with Crippen LogP contribution < -0.4 is 5.32 Å². The van der Waals surface area contributed by atoms with Crippen molar-refractivity contribution in [2.24, 2.45) is 0 Å². The molecule has 0 aliphatic rings. The number of esters is 1. The molecule has 0 atom stereocenters. The van der Waals surface area contributed by atoms with Gasteiger partial charge in [0.1, 0.15) is 11.6 Å². The maximum absolute atomic E-state index is 13.5. The number of sulfone groups is 1. The van der Waals surface area contributed by atoms with Crippen LogP contribution in [0, 0.1) is 12.7 Å². The van der Waals surface area contributed by atoms with Crippen molar-refractivity contribution in [1.29, 1.82) is 0 Å². The Kier molecular flexibility index (Phi) is 5.73. The molecule has 0 saturated heterocycles. The maximum atomic E-state index is 13.5. The van der Waals surface area contributed by atoms with Crippen molar-refractivity contribution in [3.05, 3.63) is 58.5 Å². The van der Waals surface area contributed by atoms with Crippen molar-refractivity contribution >= 4 is 21.6 Å². The fourth-order valence-corrected chi connectivity index (χ4v) is 3.20. The Morgan fingerprint density at radius 2 is 1.96 bits per heavy atom. The molecule has 0 fully saturated rings. The Morgan fingerprint density at radius 3 is 2.56 bits per heavy atom. The Hall–Kier alpha value is -2.48. The molecule has 0 saturated carbocycles. The van der Waals surface area contributed by atoms with Gasteiger partial charge in [0.05, 0.1) is 24.1 Å². The highest BCUT2D eigenvalue weighted by atomic mass is 32.2. The first-order valence-electron chi connectivity index (χ1n) is 7.44. The third-order valence-electron chi connectivity index (χ3n) is 3.54. The molecule has 2 aromatic rings. The van der Waals surface area contributed by atoms with Crippen molar-refractivity contribution in [2.75, 3.05) is 18.7 Å². The van der Waals surface area contributed by atoms with Crippen LogP contribution in [-0.2, 0) is 26.9 Å². The van der Waals surface area contributed by atoms with E-state index >= 15 is 0 Å². The molecular formula is C17H19FN2O4S. The van der Waals surface area contributed by atoms with E-state index in [-0.39, 0.29) is 12.3 Å². The summed E-state index contributed by atoms with van der Waals surface area (Å²) in [5.41, 5.74) is 1.91. The third-order valence-corrected chi connectivity index (χ3v) is 4.37. The summed E-state index contributed by atoms with van der Waals surface area (Å²) in [5.74, 6) is -0.603. The molecule has 6 nitrogen and oxygen atoms in total. The van der Waals surface area contributed by atoms with Gasteiger partial charge in [-0.3, -0.25) is 0 Å². The predicted octanol–water partition coefficient (Wildman–Crippen LogP) is 2.47. The molecule has 1 N–H and O–H groups in total. The fraction of sp³-hybridized carbons (Fsp3) is 0.294. The Morgan fingerprint density at radius 1 is 1.24 bits per heavy atom. The second-order valence-corrected chi connectivity index (χ2v) is 7.80. The molecular weight excluding hydrogens is 347 g/mol. The van der Waals surface area contributed by atoms with Crippen molar-refractivity contribution in [1.82, 2.24) is 4.98 Å². The van der Waals surface area contributed by atoms with Crippen LogP contribution in [0.5, 0.6) is 0 Å². The second-order valence-electron chi connectivity index (χ2n) is 5.66. The van der Waals surface area contributed by atoms with E-state index < -0.39 is 21.6 Å². The lowest BCUT2D eigenvalue weighted by Gasteiger charge is -2.12. The Balaban J connectivity index is 2.20. The van der Waals surface area contributed by atoms with E-state index in [1.807, 2.05) is 0 Å². The summed E-state index contributed by atoms with van der Waals surface area (Å²) in [4.78, 5) is 15.8. The number of hydrogen-bond donors (Lipinski definition) is 1. The highest BCUT2D eigenvalue weighted by Gasteiger charge is 2.13. The Bertz CT molecular complexity index is 898. The number of nitrogens with zero attached hydrogens (tertiary/aromatic N) is 1. The average molecular weight is 366 g/mol. The minimum absolute atomic E-state index is 0.169. The summed E-state index contributed by atoms with van der Waals surface area (Å²) in [5, 5.41) is 3.01. The maximum Gasteiger partial charge on any atom is 0.339 e. The van der Waals surface area contributed by atoms with Crippen LogP contribution >= 0.6 is 0 Å². The number of anilines is 1. The van der Waals surface area contributed by atoms with Crippen LogP contribution in [0.25, 0.3) is 0 Å². The summed E-state index contributed by atoms with van der Waals surface area (Å²) >= 11 is 0. The van der Waals surface area contributed by atoms with E-state index in [1.165, 1.54) is 25.3 Å². The van der Waals surface area contributed by atoms with Crippen molar-refractivity contribution in [3.63, 3.8) is 0 Å². The number of hydrogen-bond acceptors (Lipinski definition) is 6. The number of ether oxygens (including phenoxy) is 1. The zero-order valence-corrected chi connectivity index (χ0v) is 15.0. The molecule has 0 spiro atoms. The van der Waals surface area contributed by atoms with E-state index in [0.29, 0.717) is 28.2 Å². The van der Waals surface area contributed by atoms with Crippen LogP contribution in [0.4, 0.5) is 10.2 Å². The summed E-state index contributed by atoms with van der Waals surface area (Å²) in [6.07, 6.45) is 1.13. The molecule has 0 unspecified atom stereocenters. The van der Waals surface area contributed by atoms with Crippen LogP contribution in [0.1, 0.15) is 27.2 Å². The number of rotatable bonds is 6. The van der Waals surface area contributed by atoms with E-state index in [1.54, 1.807) is 19.1 Å². The van der Waals surface area contributed by atoms with E-state index in [9.17, 15) is 17.6 Å². The summed E-state index contributed by atoms with van der Waals surface area (Å²) < 4.78 is 41.2. The van der Waals surface area contributed by atoms with Gasteiger partial charge in [-0.15, -0.1) is 0 Å². The number of nitrogens with one attached hydrogen (secondary N) is 1. The lowest BCUT2D eigenvalue weighted by Crippen LogP contribution is -2.10. The fourth-order valence-electron chi connectivity index (χ4n) is 2.35. The molecule has 0 bridgehead atoms. The quantitative estimate of drug-likeness (QED) is 0.791. The number of carbonyl (C=O) groups is 1. The monoisotopic (exact) mass is 366 g/mol. The van der Waals surface area contributed by atoms with Crippen molar-refractivity contribution < 1.29 is 22.3 Å². The van der Waals surface area contributed by atoms with Gasteiger partial charge in [0.15, 0.2) is 9.84 Å². The highest BCUT2D eigenvalue weighted by Crippen LogP contribution is 2.17. The van der Waals surface area contributed by atoms with Gasteiger partial charge in [0.25, 0.3) is 0 Å². The topological polar surface area (TPSA) is 85.4 Å². The van der Waals surface area contributed by atoms with Gasteiger partial charge in [-0.2, -0.15) is 0 Å². The molecule has 0 aliphatic heterocycles. The van der Waals surface area contributed by atoms with Gasteiger partial charge in [0, 0.05) is 12.8 Å². The summed E-state index contributed by atoms with van der Waals surface area (Å²) in [6.45, 7) is 1.88. The first kappa shape index (κ1) is 18.9. The van der Waals surface area contributed by atoms with Crippen LogP contribution in [0.2, 0.25) is 0 Å². The van der Waals surface area contributed by atoms with Crippen LogP contribution in [0.15, 0.2) is 30.3 Å².